The summed E-state index contributed by atoms with van der Waals surface area (Å²) in [4.78, 5) is 43.6. The molecule has 1 aliphatic carbocycles. The minimum atomic E-state index is -0.461. The molecule has 0 spiro atoms. The maximum Gasteiger partial charge on any atom is 0.320 e. The van der Waals surface area contributed by atoms with Gasteiger partial charge in [-0.3, -0.25) is 19.3 Å². The lowest BCUT2D eigenvalue weighted by atomic mass is 9.82. The van der Waals surface area contributed by atoms with Crippen LogP contribution in [0.5, 0.6) is 0 Å². The average molecular weight is 617 g/mol. The molecule has 1 amide bonds. The van der Waals surface area contributed by atoms with Crippen molar-refractivity contribution in [2.75, 3.05) is 39.3 Å². The quantitative estimate of drug-likeness (QED) is 0.392. The van der Waals surface area contributed by atoms with Crippen molar-refractivity contribution >= 4 is 38.6 Å². The van der Waals surface area contributed by atoms with Crippen molar-refractivity contribution in [2.45, 2.75) is 83.0 Å². The highest BCUT2D eigenvalue weighted by atomic mass is 79.9. The smallest absolute Gasteiger partial charge is 0.320 e. The number of likely N-dealkylation sites (tertiary alicyclic amines) is 2. The largest absolute Gasteiger partial charge is 0.465 e. The number of piperidine rings is 2. The SMILES string of the molecule is CCOC(=O)CN1CCC(OC2CCN(C(=O)[C@@H](C3CCCCC3)n3ccc4c(Br)cccc4c3=O)CC2)CC1. The van der Waals surface area contributed by atoms with Crippen molar-refractivity contribution in [2.24, 2.45) is 5.92 Å². The monoisotopic (exact) mass is 615 g/mol. The number of hydrogen-bond acceptors (Lipinski definition) is 6. The van der Waals surface area contributed by atoms with Crippen LogP contribution in [0.15, 0.2) is 39.7 Å². The highest BCUT2D eigenvalue weighted by Crippen LogP contribution is 2.35. The summed E-state index contributed by atoms with van der Waals surface area (Å²) in [5.74, 6) is 0.0932. The fourth-order valence-electron chi connectivity index (χ4n) is 6.74. The van der Waals surface area contributed by atoms with E-state index in [1.54, 1.807) is 4.57 Å². The van der Waals surface area contributed by atoms with Crippen molar-refractivity contribution in [3.05, 3.63) is 45.3 Å². The number of ether oxygens (including phenoxy) is 2. The summed E-state index contributed by atoms with van der Waals surface area (Å²) in [6, 6.07) is 7.17. The van der Waals surface area contributed by atoms with Gasteiger partial charge in [-0.1, -0.05) is 41.3 Å². The first-order valence-electron chi connectivity index (χ1n) is 15.1. The van der Waals surface area contributed by atoms with Crippen LogP contribution in [0.2, 0.25) is 0 Å². The van der Waals surface area contributed by atoms with Crippen LogP contribution in [-0.2, 0) is 19.1 Å². The molecule has 0 unspecified atom stereocenters. The minimum absolute atomic E-state index is 0.0778. The molecule has 1 atom stereocenters. The highest BCUT2D eigenvalue weighted by molar-refractivity contribution is 9.10. The number of rotatable bonds is 8. The molecule has 3 aliphatic rings. The zero-order chi connectivity index (χ0) is 28.1. The van der Waals surface area contributed by atoms with Gasteiger partial charge in [-0.2, -0.15) is 0 Å². The zero-order valence-electron chi connectivity index (χ0n) is 23.6. The van der Waals surface area contributed by atoms with Gasteiger partial charge < -0.3 is 18.9 Å². The molecule has 3 fully saturated rings. The topological polar surface area (TPSA) is 81.1 Å². The van der Waals surface area contributed by atoms with E-state index in [0.717, 1.165) is 74.3 Å². The van der Waals surface area contributed by atoms with Gasteiger partial charge >= 0.3 is 5.97 Å². The molecule has 0 bridgehead atoms. The summed E-state index contributed by atoms with van der Waals surface area (Å²) >= 11 is 3.56. The number of carbonyl (C=O) groups is 2. The number of amides is 1. The van der Waals surface area contributed by atoms with E-state index in [-0.39, 0.29) is 35.6 Å². The Labute approximate surface area is 245 Å². The molecule has 0 radical (unpaired) electrons. The van der Waals surface area contributed by atoms with E-state index in [1.165, 1.54) is 6.42 Å². The number of hydrogen-bond donors (Lipinski definition) is 0. The van der Waals surface area contributed by atoms with Crippen LogP contribution in [-0.4, -0.2) is 77.8 Å². The molecule has 0 N–H and O–H groups in total. The maximum atomic E-state index is 14.1. The predicted octanol–water partition coefficient (Wildman–Crippen LogP) is 4.92. The molecule has 5 rings (SSSR count). The van der Waals surface area contributed by atoms with E-state index in [9.17, 15) is 14.4 Å². The van der Waals surface area contributed by atoms with Gasteiger partial charge in [0.15, 0.2) is 0 Å². The number of pyridine rings is 1. The molecule has 9 heteroatoms. The molecule has 2 aromatic rings. The highest BCUT2D eigenvalue weighted by Gasteiger charge is 2.37. The summed E-state index contributed by atoms with van der Waals surface area (Å²) in [6.07, 6.45) is 11.0. The molecule has 1 aromatic carbocycles. The van der Waals surface area contributed by atoms with Gasteiger partial charge in [-0.05, 0) is 69.6 Å². The third kappa shape index (κ3) is 6.80. The average Bonchev–Trinajstić information content (AvgIpc) is 2.97. The second kappa shape index (κ2) is 13.6. The van der Waals surface area contributed by atoms with Crippen LogP contribution in [0, 0.1) is 5.92 Å². The standard InChI is InChI=1S/C31H42BrN3O5/c1-2-39-28(36)21-33-16-11-23(12-17-33)40-24-13-18-34(19-14-24)31(38)29(22-7-4-3-5-8-22)35-20-15-25-26(30(35)37)9-6-10-27(25)32/h6,9-10,15,20,22-24,29H,2-5,7-8,11-14,16-19,21H2,1H3/t29-/m1/s1. The van der Waals surface area contributed by atoms with Gasteiger partial charge in [0.2, 0.25) is 5.91 Å². The lowest BCUT2D eigenvalue weighted by Gasteiger charge is -2.39. The Morgan fingerprint density at radius 1 is 0.925 bits per heavy atom. The predicted molar refractivity (Wildman–Crippen MR) is 158 cm³/mol. The van der Waals surface area contributed by atoms with Crippen LogP contribution in [0.25, 0.3) is 10.8 Å². The van der Waals surface area contributed by atoms with E-state index < -0.39 is 6.04 Å². The summed E-state index contributed by atoms with van der Waals surface area (Å²) in [5, 5.41) is 1.52. The van der Waals surface area contributed by atoms with Gasteiger partial charge in [0.25, 0.3) is 5.56 Å². The van der Waals surface area contributed by atoms with Crippen LogP contribution in [0.1, 0.15) is 70.8 Å². The van der Waals surface area contributed by atoms with E-state index in [1.807, 2.05) is 42.3 Å². The molecule has 218 valence electrons. The van der Waals surface area contributed by atoms with Crippen molar-refractivity contribution in [3.63, 3.8) is 0 Å². The Hall–Kier alpha value is -2.23. The second-order valence-electron chi connectivity index (χ2n) is 11.5. The van der Waals surface area contributed by atoms with Gasteiger partial charge in [-0.25, -0.2) is 0 Å². The Balaban J connectivity index is 1.21. The number of halogens is 1. The third-order valence-electron chi connectivity index (χ3n) is 8.90. The van der Waals surface area contributed by atoms with E-state index in [0.29, 0.717) is 31.6 Å². The number of carbonyl (C=O) groups excluding carboxylic acids is 2. The van der Waals surface area contributed by atoms with Gasteiger partial charge in [0.1, 0.15) is 6.04 Å². The Bertz CT molecular complexity index is 1230. The maximum absolute atomic E-state index is 14.1. The van der Waals surface area contributed by atoms with Crippen molar-refractivity contribution in [1.29, 1.82) is 0 Å². The van der Waals surface area contributed by atoms with E-state index in [2.05, 4.69) is 20.8 Å². The van der Waals surface area contributed by atoms with Crippen LogP contribution >= 0.6 is 15.9 Å². The molecular formula is C31H42BrN3O5. The number of benzene rings is 1. The lowest BCUT2D eigenvalue weighted by Crippen LogP contribution is -2.48. The second-order valence-corrected chi connectivity index (χ2v) is 12.4. The molecule has 3 heterocycles. The zero-order valence-corrected chi connectivity index (χ0v) is 25.1. The first-order valence-corrected chi connectivity index (χ1v) is 15.9. The van der Waals surface area contributed by atoms with Crippen LogP contribution < -0.4 is 5.56 Å². The Morgan fingerprint density at radius 3 is 2.27 bits per heavy atom. The molecule has 8 nitrogen and oxygen atoms in total. The molecule has 1 aromatic heterocycles. The summed E-state index contributed by atoms with van der Waals surface area (Å²) < 4.78 is 14.1. The minimum Gasteiger partial charge on any atom is -0.465 e. The van der Waals surface area contributed by atoms with Crippen LogP contribution in [0.4, 0.5) is 0 Å². The number of fused-ring (bicyclic) bond motifs is 1. The van der Waals surface area contributed by atoms with Crippen LogP contribution in [0.3, 0.4) is 0 Å². The fourth-order valence-corrected chi connectivity index (χ4v) is 7.23. The van der Waals surface area contributed by atoms with Crippen molar-refractivity contribution in [1.82, 2.24) is 14.4 Å². The number of nitrogens with zero attached hydrogens (tertiary/aromatic N) is 3. The van der Waals surface area contributed by atoms with Crippen molar-refractivity contribution in [3.8, 4) is 0 Å². The van der Waals surface area contributed by atoms with Gasteiger partial charge in [0.05, 0.1) is 25.4 Å². The summed E-state index contributed by atoms with van der Waals surface area (Å²) in [5.41, 5.74) is -0.0877. The molecule has 1 saturated carbocycles. The fraction of sp³-hybridized carbons (Fsp3) is 0.645. The first kappa shape index (κ1) is 29.3. The molecular weight excluding hydrogens is 574 g/mol. The normalized spacial score (nSPS) is 21.0. The summed E-state index contributed by atoms with van der Waals surface area (Å²) in [7, 11) is 0. The molecule has 40 heavy (non-hydrogen) atoms. The first-order chi connectivity index (χ1) is 19.4. The molecule has 2 saturated heterocycles. The van der Waals surface area contributed by atoms with Gasteiger partial charge in [-0.15, -0.1) is 0 Å². The lowest BCUT2D eigenvalue weighted by molar-refractivity contribution is -0.146. The van der Waals surface area contributed by atoms with Gasteiger partial charge in [0, 0.05) is 47.6 Å². The molecule has 2 aliphatic heterocycles. The Kier molecular flexibility index (Phi) is 9.97. The van der Waals surface area contributed by atoms with E-state index >= 15 is 0 Å². The number of aromatic nitrogens is 1. The summed E-state index contributed by atoms with van der Waals surface area (Å²) in [6.45, 7) is 5.57. The van der Waals surface area contributed by atoms with E-state index in [4.69, 9.17) is 9.47 Å². The Morgan fingerprint density at radius 2 is 1.60 bits per heavy atom. The van der Waals surface area contributed by atoms with Crippen molar-refractivity contribution < 1.29 is 19.1 Å². The third-order valence-corrected chi connectivity index (χ3v) is 9.59. The number of esters is 1.